The van der Waals surface area contributed by atoms with Crippen LogP contribution in [0, 0.1) is 71.0 Å². The largest absolute Gasteiger partial charge is 0.379 e. The first-order chi connectivity index (χ1) is 46.2. The molecule has 6 aliphatic rings. The fourth-order valence-corrected chi connectivity index (χ4v) is 15.7. The molecule has 0 aromatic carbocycles. The minimum Gasteiger partial charge on any atom is -0.379 e. The Labute approximate surface area is 585 Å². The Morgan fingerprint density at radius 1 is 0.277 bits per heavy atom. The van der Waals surface area contributed by atoms with Crippen molar-refractivity contribution in [3.8, 4) is 0 Å². The van der Waals surface area contributed by atoms with E-state index in [1.807, 2.05) is 0 Å². The predicted molar refractivity (Wildman–Crippen MR) is 410 cm³/mol. The molecule has 544 valence electrons. The van der Waals surface area contributed by atoms with Crippen molar-refractivity contribution in [3.63, 3.8) is 0 Å². The highest BCUT2D eigenvalue weighted by atomic mass is 16.5. The number of hydrogen-bond donors (Lipinski definition) is 0. The van der Waals surface area contributed by atoms with Crippen LogP contribution < -0.4 is 0 Å². The lowest BCUT2D eigenvalue weighted by atomic mass is 10.0. The maximum Gasteiger partial charge on any atom is 0.0934 e. The third kappa shape index (κ3) is 45.1. The van der Waals surface area contributed by atoms with E-state index in [0.717, 1.165) is 156 Å². The molecule has 0 saturated heterocycles. The summed E-state index contributed by atoms with van der Waals surface area (Å²) in [5.74, 6) is 13.4. The van der Waals surface area contributed by atoms with Gasteiger partial charge in [-0.2, -0.15) is 0 Å². The first-order valence-electron chi connectivity index (χ1n) is 41.8. The number of nitrogens with zero attached hydrogens (tertiary/aromatic N) is 2. The average Bonchev–Trinajstić information content (AvgIpc) is 1.64. The van der Waals surface area contributed by atoms with Crippen molar-refractivity contribution in [1.29, 1.82) is 0 Å². The number of unbranched alkanes of at least 4 members (excludes halogenated alkanes) is 20. The zero-order chi connectivity index (χ0) is 66.7. The Kier molecular flexibility index (Phi) is 48.4. The Hall–Kier alpha value is -1.80. The molecule has 0 N–H and O–H groups in total. The van der Waals surface area contributed by atoms with Crippen molar-refractivity contribution in [2.45, 2.75) is 335 Å². The van der Waals surface area contributed by atoms with Gasteiger partial charge in [-0.25, -0.2) is 0 Å². The summed E-state index contributed by atoms with van der Waals surface area (Å²) in [4.78, 5) is 4.46. The first-order valence-corrected chi connectivity index (χ1v) is 41.8. The molecule has 14 unspecified atom stereocenters. The van der Waals surface area contributed by atoms with E-state index in [1.165, 1.54) is 193 Å². The lowest BCUT2D eigenvalue weighted by Gasteiger charge is -2.21. The summed E-state index contributed by atoms with van der Waals surface area (Å²) in [5.41, 5.74) is 0. The van der Waals surface area contributed by atoms with Gasteiger partial charge >= 0.3 is 0 Å². The van der Waals surface area contributed by atoms with E-state index in [2.05, 4.69) is 139 Å². The van der Waals surface area contributed by atoms with Crippen LogP contribution in [0.2, 0.25) is 0 Å². The van der Waals surface area contributed by atoms with Crippen molar-refractivity contribution >= 4 is 0 Å². The molecule has 0 aromatic rings. The van der Waals surface area contributed by atoms with E-state index < -0.39 is 0 Å². The Bertz CT molecular complexity index is 1940. The molecule has 94 heavy (non-hydrogen) atoms. The van der Waals surface area contributed by atoms with Gasteiger partial charge in [0.15, 0.2) is 0 Å². The van der Waals surface area contributed by atoms with Gasteiger partial charge in [0.25, 0.3) is 0 Å². The standard InChI is InChI=1S/C47H85NO2.C41H73NO2/c1-5-7-11-17-35-23-39(35)27-43-31-45(43)29-41-25-37(41)19-13-9-15-21-49-34-47(33-48(3)4)50-22-16-10-14-20-38-26-42(38)30-46-32-44(46)28-40-24-36(40)18-12-8-6-2;1-5-7-9-11-13-15-17-19-21-23-25-27-29-31-33-35-37-43-40-41(39-42(3)4)44-38-36-34-32-30-28-26-24-22-20-18-16-14-12-10-8-6-2/h35-47H,5-34H2,1-4H3;13-16,19-22,25-28,41H,5-12,17-18,23-24,29-40H2,1-4H3/b;15-13-,16-14-,21-19-,22-20-,27-25-,28-26-. The van der Waals surface area contributed by atoms with Crippen LogP contribution in [-0.4, -0.2) is 103 Å². The summed E-state index contributed by atoms with van der Waals surface area (Å²) in [6.07, 6.45) is 90.6. The summed E-state index contributed by atoms with van der Waals surface area (Å²) in [7, 11) is 8.55. The van der Waals surface area contributed by atoms with Gasteiger partial charge in [0.1, 0.15) is 0 Å². The molecule has 6 rings (SSSR count). The van der Waals surface area contributed by atoms with E-state index in [1.54, 1.807) is 64.2 Å². The summed E-state index contributed by atoms with van der Waals surface area (Å²) < 4.78 is 24.7. The minimum absolute atomic E-state index is 0.162. The molecule has 0 aromatic heterocycles. The molecule has 6 fully saturated rings. The first kappa shape index (κ1) is 82.9. The highest BCUT2D eigenvalue weighted by molar-refractivity contribution is 5.02. The maximum absolute atomic E-state index is 6.35. The molecule has 6 saturated carbocycles. The molecule has 0 amide bonds. The molecule has 0 bridgehead atoms. The highest BCUT2D eigenvalue weighted by Crippen LogP contribution is 2.60. The van der Waals surface area contributed by atoms with Crippen LogP contribution in [0.5, 0.6) is 0 Å². The molecule has 0 spiro atoms. The normalized spacial score (nSPS) is 26.0. The molecule has 0 radical (unpaired) electrons. The van der Waals surface area contributed by atoms with Crippen LogP contribution in [0.3, 0.4) is 0 Å². The van der Waals surface area contributed by atoms with Gasteiger partial charge in [0.05, 0.1) is 25.4 Å². The van der Waals surface area contributed by atoms with Crippen LogP contribution in [-0.2, 0) is 18.9 Å². The van der Waals surface area contributed by atoms with Crippen molar-refractivity contribution in [2.24, 2.45) is 71.0 Å². The smallest absolute Gasteiger partial charge is 0.0934 e. The second kappa shape index (κ2) is 55.0. The number of allylic oxidation sites excluding steroid dienone is 12. The molecule has 14 atom stereocenters. The van der Waals surface area contributed by atoms with Gasteiger partial charge in [-0.05, 0) is 266 Å². The van der Waals surface area contributed by atoms with Gasteiger partial charge in [-0.1, -0.05) is 229 Å². The van der Waals surface area contributed by atoms with Crippen LogP contribution >= 0.6 is 0 Å². The van der Waals surface area contributed by atoms with Crippen LogP contribution in [0.1, 0.15) is 323 Å². The fourth-order valence-electron chi connectivity index (χ4n) is 15.7. The zero-order valence-corrected chi connectivity index (χ0v) is 63.7. The van der Waals surface area contributed by atoms with E-state index in [-0.39, 0.29) is 12.2 Å². The quantitative estimate of drug-likeness (QED) is 0.0447. The Morgan fingerprint density at radius 2 is 0.521 bits per heavy atom. The zero-order valence-electron chi connectivity index (χ0n) is 63.7. The molecule has 0 aliphatic heterocycles. The van der Waals surface area contributed by atoms with E-state index in [9.17, 15) is 0 Å². The summed E-state index contributed by atoms with van der Waals surface area (Å²) in [6, 6.07) is 0. The number of hydrogen-bond acceptors (Lipinski definition) is 6. The van der Waals surface area contributed by atoms with Crippen molar-refractivity contribution in [3.05, 3.63) is 72.9 Å². The van der Waals surface area contributed by atoms with Crippen molar-refractivity contribution in [2.75, 3.05) is 80.9 Å². The molecular weight excluding hydrogens is 1150 g/mol. The van der Waals surface area contributed by atoms with Crippen LogP contribution in [0.4, 0.5) is 0 Å². The van der Waals surface area contributed by atoms with Gasteiger partial charge in [0, 0.05) is 39.5 Å². The van der Waals surface area contributed by atoms with Crippen molar-refractivity contribution < 1.29 is 18.9 Å². The summed E-state index contributed by atoms with van der Waals surface area (Å²) in [6.45, 7) is 16.0. The summed E-state index contributed by atoms with van der Waals surface area (Å²) >= 11 is 0. The fraction of sp³-hybridized carbons (Fsp3) is 0.864. The molecule has 6 aliphatic carbocycles. The lowest BCUT2D eigenvalue weighted by molar-refractivity contribution is -0.0288. The van der Waals surface area contributed by atoms with E-state index in [0.29, 0.717) is 6.61 Å². The Balaban J connectivity index is 0.000000345. The topological polar surface area (TPSA) is 43.4 Å². The minimum atomic E-state index is 0.162. The maximum atomic E-state index is 6.35. The van der Waals surface area contributed by atoms with Crippen molar-refractivity contribution in [1.82, 2.24) is 9.80 Å². The van der Waals surface area contributed by atoms with Crippen LogP contribution in [0.15, 0.2) is 72.9 Å². The third-order valence-corrected chi connectivity index (χ3v) is 22.4. The number of rotatable bonds is 66. The number of ether oxygens (including phenoxy) is 4. The van der Waals surface area contributed by atoms with Gasteiger partial charge < -0.3 is 28.7 Å². The van der Waals surface area contributed by atoms with Gasteiger partial charge in [0.2, 0.25) is 0 Å². The van der Waals surface area contributed by atoms with Gasteiger partial charge in [-0.3, -0.25) is 0 Å². The second-order valence-corrected chi connectivity index (χ2v) is 32.3. The molecular formula is C88H158N2O4. The van der Waals surface area contributed by atoms with Gasteiger partial charge in [-0.15, -0.1) is 0 Å². The lowest BCUT2D eigenvalue weighted by Crippen LogP contribution is -2.32. The SMILES string of the molecule is CCCCC/C=C\C/C=C\C/C=C\CCCCCOCC(CN(C)C)OCCCCC/C=C\C/C=C\C/C=C\CCCCC.CCCCCC1CC1CC1CC1CC1CC1CCCCCOCC(CN(C)C)OCCCCCC1CC1CC1CC1CC1CC1CCCCC. The number of likely N-dealkylation sites (N-methyl/N-ethyl adjacent to an activating group) is 2. The average molecular weight is 1310 g/mol. The molecule has 6 heteroatoms. The molecule has 0 heterocycles. The van der Waals surface area contributed by atoms with E-state index in [4.69, 9.17) is 18.9 Å². The molecule has 6 nitrogen and oxygen atoms in total. The third-order valence-electron chi connectivity index (χ3n) is 22.4. The van der Waals surface area contributed by atoms with Crippen LogP contribution in [0.25, 0.3) is 0 Å². The highest BCUT2D eigenvalue weighted by Gasteiger charge is 2.50. The summed E-state index contributed by atoms with van der Waals surface area (Å²) in [5, 5.41) is 0. The second-order valence-electron chi connectivity index (χ2n) is 32.3. The van der Waals surface area contributed by atoms with E-state index >= 15 is 0 Å². The predicted octanol–water partition coefficient (Wildman–Crippen LogP) is 24.7. The monoisotopic (exact) mass is 1310 g/mol. The Morgan fingerprint density at radius 3 is 0.830 bits per heavy atom.